The topological polar surface area (TPSA) is 20.3 Å². The Labute approximate surface area is 130 Å². The Morgan fingerprint density at radius 1 is 1.19 bits per heavy atom. The molecule has 1 heterocycles. The molecule has 0 atom stereocenters. The van der Waals surface area contributed by atoms with Gasteiger partial charge in [-0.3, -0.25) is 4.79 Å². The number of carbonyl (C=O) groups excluding carboxylic acids is 1. The molecule has 1 aromatic carbocycles. The lowest BCUT2D eigenvalue weighted by molar-refractivity contribution is -0.125. The Hall–Kier alpha value is -1.87. The number of amides is 1. The van der Waals surface area contributed by atoms with Crippen LogP contribution in [0, 0.1) is 5.92 Å². The molecule has 0 aliphatic rings. The Morgan fingerprint density at radius 2 is 1.90 bits per heavy atom. The van der Waals surface area contributed by atoms with Gasteiger partial charge in [-0.05, 0) is 29.7 Å². The van der Waals surface area contributed by atoms with Crippen LogP contribution in [0.1, 0.15) is 18.7 Å². The predicted octanol–water partition coefficient (Wildman–Crippen LogP) is 4.54. The lowest BCUT2D eigenvalue weighted by Gasteiger charge is -2.17. The molecule has 0 N–H and O–H groups in total. The third-order valence-corrected chi connectivity index (χ3v) is 4.19. The van der Waals surface area contributed by atoms with E-state index in [4.69, 9.17) is 0 Å². The molecule has 2 nitrogen and oxygen atoms in total. The Bertz CT molecular complexity index is 613. The summed E-state index contributed by atoms with van der Waals surface area (Å²) in [5.74, 6) is 0.539. The van der Waals surface area contributed by atoms with Gasteiger partial charge in [0.25, 0.3) is 0 Å². The predicted molar refractivity (Wildman–Crippen MR) is 91.3 cm³/mol. The van der Waals surface area contributed by atoms with E-state index < -0.39 is 0 Å². The van der Waals surface area contributed by atoms with E-state index in [9.17, 15) is 4.79 Å². The number of carbonyl (C=O) groups is 1. The second kappa shape index (κ2) is 7.23. The number of benzene rings is 1. The third kappa shape index (κ3) is 4.57. The zero-order valence-electron chi connectivity index (χ0n) is 12.7. The molecular formula is C18H21NOS. The number of nitrogens with zero attached hydrogens (tertiary/aromatic N) is 1. The van der Waals surface area contributed by atoms with E-state index in [1.165, 1.54) is 10.4 Å². The standard InChI is InChI=1S/C18H21NOS/c1-14(2)13-19(3)18(20)12-10-16-9-11-17(21-16)15-7-5-4-6-8-15/h4-12,14H,13H2,1-3H3/b12-10+. The number of likely N-dealkylation sites (N-methyl/N-ethyl adjacent to an activating group) is 1. The minimum Gasteiger partial charge on any atom is -0.342 e. The van der Waals surface area contributed by atoms with Crippen LogP contribution in [0.4, 0.5) is 0 Å². The normalized spacial score (nSPS) is 11.2. The molecule has 0 aliphatic carbocycles. The highest BCUT2D eigenvalue weighted by molar-refractivity contribution is 7.16. The van der Waals surface area contributed by atoms with Crippen LogP contribution in [0.15, 0.2) is 48.5 Å². The largest absolute Gasteiger partial charge is 0.342 e. The van der Waals surface area contributed by atoms with Gasteiger partial charge in [0.05, 0.1) is 0 Å². The lowest BCUT2D eigenvalue weighted by Crippen LogP contribution is -2.28. The molecule has 0 spiro atoms. The van der Waals surface area contributed by atoms with Crippen molar-refractivity contribution in [1.82, 2.24) is 4.90 Å². The number of hydrogen-bond donors (Lipinski definition) is 0. The molecule has 0 saturated carbocycles. The molecule has 0 unspecified atom stereocenters. The summed E-state index contributed by atoms with van der Waals surface area (Å²) in [6, 6.07) is 14.4. The van der Waals surface area contributed by atoms with Crippen molar-refractivity contribution < 1.29 is 4.79 Å². The molecule has 21 heavy (non-hydrogen) atoms. The molecule has 3 heteroatoms. The minimum atomic E-state index is 0.0540. The van der Waals surface area contributed by atoms with Crippen LogP contribution in [0.25, 0.3) is 16.5 Å². The molecule has 0 radical (unpaired) electrons. The van der Waals surface area contributed by atoms with Gasteiger partial charge in [0.15, 0.2) is 0 Å². The van der Waals surface area contributed by atoms with Crippen LogP contribution in [-0.4, -0.2) is 24.4 Å². The number of rotatable bonds is 5. The van der Waals surface area contributed by atoms with Gasteiger partial charge >= 0.3 is 0 Å². The molecule has 0 bridgehead atoms. The maximum absolute atomic E-state index is 12.0. The minimum absolute atomic E-state index is 0.0540. The third-order valence-electron chi connectivity index (χ3n) is 3.09. The summed E-state index contributed by atoms with van der Waals surface area (Å²) >= 11 is 1.70. The van der Waals surface area contributed by atoms with E-state index >= 15 is 0 Å². The fraction of sp³-hybridized carbons (Fsp3) is 0.278. The average Bonchev–Trinajstić information content (AvgIpc) is 2.94. The highest BCUT2D eigenvalue weighted by Crippen LogP contribution is 2.28. The summed E-state index contributed by atoms with van der Waals surface area (Å²) < 4.78 is 0. The summed E-state index contributed by atoms with van der Waals surface area (Å²) in [5.41, 5.74) is 1.21. The van der Waals surface area contributed by atoms with E-state index in [1.807, 2.05) is 31.3 Å². The van der Waals surface area contributed by atoms with E-state index in [2.05, 4.69) is 38.1 Å². The Morgan fingerprint density at radius 3 is 2.57 bits per heavy atom. The van der Waals surface area contributed by atoms with Crippen molar-refractivity contribution in [2.24, 2.45) is 5.92 Å². The van der Waals surface area contributed by atoms with E-state index in [0.717, 1.165) is 11.4 Å². The second-order valence-electron chi connectivity index (χ2n) is 5.51. The zero-order chi connectivity index (χ0) is 15.2. The molecular weight excluding hydrogens is 278 g/mol. The smallest absolute Gasteiger partial charge is 0.246 e. The van der Waals surface area contributed by atoms with Crippen LogP contribution in [0.2, 0.25) is 0 Å². The van der Waals surface area contributed by atoms with Crippen LogP contribution in [0.5, 0.6) is 0 Å². The molecule has 110 valence electrons. The Kier molecular flexibility index (Phi) is 5.34. The van der Waals surface area contributed by atoms with Crippen molar-refractivity contribution >= 4 is 23.3 Å². The first-order chi connectivity index (χ1) is 10.1. The van der Waals surface area contributed by atoms with Crippen molar-refractivity contribution in [1.29, 1.82) is 0 Å². The van der Waals surface area contributed by atoms with Crippen LogP contribution in [-0.2, 0) is 4.79 Å². The van der Waals surface area contributed by atoms with Gasteiger partial charge in [0.2, 0.25) is 5.91 Å². The summed E-state index contributed by atoms with van der Waals surface area (Å²) in [6.45, 7) is 5.00. The number of thiophene rings is 1. The van der Waals surface area contributed by atoms with Gasteiger partial charge in [-0.1, -0.05) is 44.2 Å². The fourth-order valence-corrected chi connectivity index (χ4v) is 3.03. The fourth-order valence-electron chi connectivity index (χ4n) is 2.12. The van der Waals surface area contributed by atoms with Gasteiger partial charge in [0.1, 0.15) is 0 Å². The maximum Gasteiger partial charge on any atom is 0.246 e. The Balaban J connectivity index is 2.02. The average molecular weight is 299 g/mol. The summed E-state index contributed by atoms with van der Waals surface area (Å²) in [6.07, 6.45) is 3.55. The van der Waals surface area contributed by atoms with Crippen molar-refractivity contribution in [3.05, 3.63) is 53.4 Å². The molecule has 1 aromatic heterocycles. The molecule has 2 aromatic rings. The maximum atomic E-state index is 12.0. The van der Waals surface area contributed by atoms with E-state index in [0.29, 0.717) is 5.92 Å². The zero-order valence-corrected chi connectivity index (χ0v) is 13.6. The first-order valence-electron chi connectivity index (χ1n) is 7.14. The van der Waals surface area contributed by atoms with Gasteiger partial charge in [0, 0.05) is 29.4 Å². The van der Waals surface area contributed by atoms with E-state index in [1.54, 1.807) is 22.3 Å². The van der Waals surface area contributed by atoms with Crippen molar-refractivity contribution in [3.8, 4) is 10.4 Å². The summed E-state index contributed by atoms with van der Waals surface area (Å²) in [7, 11) is 1.84. The first kappa shape index (κ1) is 15.5. The van der Waals surface area contributed by atoms with Crippen LogP contribution in [0.3, 0.4) is 0 Å². The second-order valence-corrected chi connectivity index (χ2v) is 6.63. The van der Waals surface area contributed by atoms with Gasteiger partial charge in [-0.2, -0.15) is 0 Å². The SMILES string of the molecule is CC(C)CN(C)C(=O)/C=C/c1ccc(-c2ccccc2)s1. The summed E-state index contributed by atoms with van der Waals surface area (Å²) in [5, 5.41) is 0. The molecule has 1 amide bonds. The summed E-state index contributed by atoms with van der Waals surface area (Å²) in [4.78, 5) is 16.0. The highest BCUT2D eigenvalue weighted by atomic mass is 32.1. The molecule has 2 rings (SSSR count). The van der Waals surface area contributed by atoms with Crippen LogP contribution >= 0.6 is 11.3 Å². The van der Waals surface area contributed by atoms with Crippen molar-refractivity contribution in [3.63, 3.8) is 0 Å². The van der Waals surface area contributed by atoms with Crippen molar-refractivity contribution in [2.75, 3.05) is 13.6 Å². The highest BCUT2D eigenvalue weighted by Gasteiger charge is 2.07. The lowest BCUT2D eigenvalue weighted by atomic mass is 10.2. The van der Waals surface area contributed by atoms with E-state index in [-0.39, 0.29) is 5.91 Å². The van der Waals surface area contributed by atoms with Gasteiger partial charge in [-0.15, -0.1) is 11.3 Å². The quantitative estimate of drug-likeness (QED) is 0.742. The van der Waals surface area contributed by atoms with Gasteiger partial charge < -0.3 is 4.90 Å². The van der Waals surface area contributed by atoms with Gasteiger partial charge in [-0.25, -0.2) is 0 Å². The van der Waals surface area contributed by atoms with Crippen molar-refractivity contribution in [2.45, 2.75) is 13.8 Å². The molecule has 0 fully saturated rings. The molecule has 0 aliphatic heterocycles. The monoisotopic (exact) mass is 299 g/mol. The number of hydrogen-bond acceptors (Lipinski definition) is 2. The first-order valence-corrected chi connectivity index (χ1v) is 7.96. The van der Waals surface area contributed by atoms with Crippen LogP contribution < -0.4 is 0 Å². The molecule has 0 saturated heterocycles.